The SMILES string of the molecule is CC(=O)N[C@@H]1[C@@H](O[C@@H]2O[C@H](CO)[C@H](O)[C@H](O[C@@H]3O[C@H](CO)[C@@H](O[C@@H]4O[C@H](CO[C@@H]5O[C@H](CO)[C@@H](O[C@@H]6O[C@H](CO)[C@H](O)[C@H](O)[C@H]6O)[C@H](O)[C@H]5NC(C)=O)[C@H](O)[C@H](O[C@@H]5O[C@H](CO)[C@@H](O[C@@H]6O[C@H](CO)[C@H](O)[C@H](O)[C@H]6O)[C@H](O)[C@H]5NC(C)=O)[C@H]4O)[C@H](O)[C@H]3NC(C)=O)[C@H]2O)[C@@H](O)[C@@H](CO)O[C@@H]1O. The number of amides is 4. The minimum atomic E-state index is -2.46. The molecule has 8 fully saturated rings. The smallest absolute Gasteiger partial charge is 0.217 e. The molecule has 45 heteroatoms. The highest BCUT2D eigenvalue weighted by atomic mass is 16.8. The van der Waals surface area contributed by atoms with Gasteiger partial charge >= 0.3 is 0 Å². The molecule has 4 amide bonds. The van der Waals surface area contributed by atoms with Crippen LogP contribution in [-0.2, 0) is 90.2 Å². The van der Waals surface area contributed by atoms with Gasteiger partial charge in [-0.05, 0) is 0 Å². The monoisotopic (exact) mass is 1480 g/mol. The van der Waals surface area contributed by atoms with Crippen molar-refractivity contribution in [3.8, 4) is 0 Å². The van der Waals surface area contributed by atoms with Crippen molar-refractivity contribution in [1.82, 2.24) is 21.3 Å². The summed E-state index contributed by atoms with van der Waals surface area (Å²) in [5.74, 6) is -3.55. The summed E-state index contributed by atoms with van der Waals surface area (Å²) in [6, 6.07) is -7.30. The highest BCUT2D eigenvalue weighted by molar-refractivity contribution is 5.74. The first-order chi connectivity index (χ1) is 47.8. The third kappa shape index (κ3) is 18.5. The summed E-state index contributed by atoms with van der Waals surface area (Å²) in [6.45, 7) is -4.37. The van der Waals surface area contributed by atoms with Gasteiger partial charge in [-0.3, -0.25) is 19.2 Å². The van der Waals surface area contributed by atoms with Crippen molar-refractivity contribution in [3.05, 3.63) is 0 Å². The van der Waals surface area contributed by atoms with Crippen molar-refractivity contribution >= 4 is 23.6 Å². The normalized spacial score (nSPS) is 48.3. The number of hydrogen-bond acceptors (Lipinski definition) is 41. The van der Waals surface area contributed by atoms with Crippen molar-refractivity contribution in [2.24, 2.45) is 0 Å². The van der Waals surface area contributed by atoms with E-state index < -0.39 is 322 Å². The second kappa shape index (κ2) is 36.3. The van der Waals surface area contributed by atoms with Crippen LogP contribution < -0.4 is 21.3 Å². The number of aliphatic hydroxyl groups excluding tert-OH is 22. The largest absolute Gasteiger partial charge is 0.394 e. The van der Waals surface area contributed by atoms with E-state index in [-0.39, 0.29) is 0 Å². The molecule has 8 heterocycles. The molecule has 0 spiro atoms. The molecule has 0 radical (unpaired) electrons. The fraction of sp³-hybridized carbons (Fsp3) is 0.929. The molecule has 0 aromatic carbocycles. The summed E-state index contributed by atoms with van der Waals surface area (Å²) in [4.78, 5) is 50.9. The third-order valence-electron chi connectivity index (χ3n) is 18.2. The number of hydrogen-bond donors (Lipinski definition) is 26. The van der Waals surface area contributed by atoms with Gasteiger partial charge in [0.05, 0.1) is 52.9 Å². The van der Waals surface area contributed by atoms with Crippen molar-refractivity contribution < 1.29 is 203 Å². The second-order valence-corrected chi connectivity index (χ2v) is 25.4. The Morgan fingerprint density at radius 3 is 0.871 bits per heavy atom. The second-order valence-electron chi connectivity index (χ2n) is 25.4. The maximum Gasteiger partial charge on any atom is 0.217 e. The summed E-state index contributed by atoms with van der Waals surface area (Å²) < 4.78 is 87.6. The molecule has 8 aliphatic rings. The standard InChI is InChI=1S/C56H94N4O41/c1-13(68)57-25-34(77)43(96-53-39(82)37(80)29(72)17(5-61)89-53)21(9-65)92-50(25)87-12-24-33(76)48(101-52-26(58-14(2)69)35(78)44(22(10-66)93-52)97-54-40(83)38(81)30(73)18(6-62)90-54)42(85)56(95-24)98-45-23(11-67)94-51(27(36(45)79)59-15(3)70)100-47-32(75)20(8-64)91-55(41(47)84)99-46-28(60-16(4)71)49(86)88-19(7-63)31(46)74/h17-56,61-67,72-86H,5-12H2,1-4H3,(H,57,68)(H,58,69)(H,59,70)(H,60,71)/t17-,18-,19-,20-,21-,22-,23-,24-,25-,26-,27-,28-,29+,30+,31+,32+,33+,34-,35-,36-,37+,38+,39-,40-,41-,42-,43-,44-,45-,46-,47+,48+,49+,50-,51+,52+,53+,54+,55+,56+/m1/s1. The zero-order valence-electron chi connectivity index (χ0n) is 54.3. The first-order valence-corrected chi connectivity index (χ1v) is 32.1. The molecule has 0 aromatic heterocycles. The topological polar surface area (TPSA) is 700 Å². The minimum absolute atomic E-state index is 0.785. The van der Waals surface area contributed by atoms with Crippen LogP contribution in [0.5, 0.6) is 0 Å². The van der Waals surface area contributed by atoms with Gasteiger partial charge < -0.3 is 205 Å². The third-order valence-corrected chi connectivity index (χ3v) is 18.2. The molecule has 101 heavy (non-hydrogen) atoms. The first-order valence-electron chi connectivity index (χ1n) is 32.1. The number of carbonyl (C=O) groups excluding carboxylic acids is 4. The van der Waals surface area contributed by atoms with E-state index in [1.54, 1.807) is 0 Å². The molecule has 584 valence electrons. The van der Waals surface area contributed by atoms with Crippen LogP contribution in [0.1, 0.15) is 27.7 Å². The van der Waals surface area contributed by atoms with E-state index in [9.17, 15) is 132 Å². The van der Waals surface area contributed by atoms with E-state index in [0.29, 0.717) is 0 Å². The maximum atomic E-state index is 13.0. The van der Waals surface area contributed by atoms with Crippen LogP contribution in [0.2, 0.25) is 0 Å². The van der Waals surface area contributed by atoms with Crippen LogP contribution in [0.15, 0.2) is 0 Å². The predicted octanol–water partition coefficient (Wildman–Crippen LogP) is -17.9. The van der Waals surface area contributed by atoms with Gasteiger partial charge in [-0.25, -0.2) is 0 Å². The Morgan fingerprint density at radius 1 is 0.257 bits per heavy atom. The Bertz CT molecular complexity index is 2640. The van der Waals surface area contributed by atoms with Crippen molar-refractivity contribution in [3.63, 3.8) is 0 Å². The zero-order chi connectivity index (χ0) is 74.5. The van der Waals surface area contributed by atoms with Crippen LogP contribution in [0, 0.1) is 0 Å². The van der Waals surface area contributed by atoms with Gasteiger partial charge in [-0.1, -0.05) is 0 Å². The Kier molecular flexibility index (Phi) is 29.9. The van der Waals surface area contributed by atoms with E-state index in [1.807, 2.05) is 0 Å². The molecule has 8 saturated heterocycles. The average molecular weight is 1480 g/mol. The average Bonchev–Trinajstić information content (AvgIpc) is 0.772. The molecular weight excluding hydrogens is 1380 g/mol. The lowest BCUT2D eigenvalue weighted by atomic mass is 9.93. The van der Waals surface area contributed by atoms with Gasteiger partial charge in [0, 0.05) is 27.7 Å². The number of aliphatic hydroxyl groups is 22. The number of nitrogens with one attached hydrogen (secondary N) is 4. The van der Waals surface area contributed by atoms with Gasteiger partial charge in [-0.2, -0.15) is 0 Å². The van der Waals surface area contributed by atoms with E-state index in [1.165, 1.54) is 0 Å². The lowest BCUT2D eigenvalue weighted by Gasteiger charge is -2.51. The van der Waals surface area contributed by atoms with Gasteiger partial charge in [0.25, 0.3) is 0 Å². The van der Waals surface area contributed by atoms with Crippen LogP contribution in [0.4, 0.5) is 0 Å². The molecular formula is C56H94N4O41. The first kappa shape index (κ1) is 83.0. The molecule has 0 unspecified atom stereocenters. The predicted molar refractivity (Wildman–Crippen MR) is 311 cm³/mol. The van der Waals surface area contributed by atoms with Gasteiger partial charge in [0.2, 0.25) is 23.6 Å². The lowest BCUT2D eigenvalue weighted by Crippen LogP contribution is -2.71. The number of ether oxygens (including phenoxy) is 15. The molecule has 0 saturated carbocycles. The highest BCUT2D eigenvalue weighted by Crippen LogP contribution is 2.39. The molecule has 40 atom stereocenters. The Balaban J connectivity index is 1.10. The summed E-state index contributed by atoms with van der Waals surface area (Å²) in [6.07, 6.45) is -71.9. The fourth-order valence-corrected chi connectivity index (χ4v) is 13.0. The summed E-state index contributed by atoms with van der Waals surface area (Å²) in [7, 11) is 0. The summed E-state index contributed by atoms with van der Waals surface area (Å²) in [5.41, 5.74) is 0. The fourth-order valence-electron chi connectivity index (χ4n) is 13.0. The Morgan fingerprint density at radius 2 is 0.515 bits per heavy atom. The van der Waals surface area contributed by atoms with Crippen molar-refractivity contribution in [1.29, 1.82) is 0 Å². The molecule has 0 aliphatic carbocycles. The lowest BCUT2D eigenvalue weighted by molar-refractivity contribution is -0.387. The molecule has 0 bridgehead atoms. The van der Waals surface area contributed by atoms with Crippen LogP contribution in [0.3, 0.4) is 0 Å². The van der Waals surface area contributed by atoms with Crippen LogP contribution in [-0.4, -0.2) is 434 Å². The van der Waals surface area contributed by atoms with E-state index in [0.717, 1.165) is 27.7 Å². The molecule has 8 rings (SSSR count). The van der Waals surface area contributed by atoms with Crippen LogP contribution in [0.25, 0.3) is 0 Å². The summed E-state index contributed by atoms with van der Waals surface area (Å²) >= 11 is 0. The van der Waals surface area contributed by atoms with E-state index in [4.69, 9.17) is 71.1 Å². The molecule has 8 aliphatic heterocycles. The Hall–Kier alpha value is -3.60. The number of carbonyl (C=O) groups is 4. The quantitative estimate of drug-likeness (QED) is 0.0382. The van der Waals surface area contributed by atoms with Gasteiger partial charge in [0.15, 0.2) is 50.3 Å². The van der Waals surface area contributed by atoms with E-state index in [2.05, 4.69) is 21.3 Å². The Labute approximate surface area is 572 Å². The minimum Gasteiger partial charge on any atom is -0.394 e. The maximum absolute atomic E-state index is 13.0. The molecule has 0 aromatic rings. The van der Waals surface area contributed by atoms with Crippen molar-refractivity contribution in [2.75, 3.05) is 52.9 Å². The van der Waals surface area contributed by atoms with Gasteiger partial charge in [-0.15, -0.1) is 0 Å². The highest BCUT2D eigenvalue weighted by Gasteiger charge is 2.60. The molecule has 26 N–H and O–H groups in total. The molecule has 45 nitrogen and oxygen atoms in total. The number of rotatable bonds is 26. The van der Waals surface area contributed by atoms with Crippen molar-refractivity contribution in [2.45, 2.75) is 273 Å². The van der Waals surface area contributed by atoms with Gasteiger partial charge in [0.1, 0.15) is 195 Å². The summed E-state index contributed by atoms with van der Waals surface area (Å²) in [5, 5.41) is 251. The van der Waals surface area contributed by atoms with E-state index >= 15 is 0 Å². The van der Waals surface area contributed by atoms with Crippen LogP contribution >= 0.6 is 0 Å². The zero-order valence-corrected chi connectivity index (χ0v) is 54.3.